The number of aromatic nitrogens is 1. The average molecular weight is 440 g/mol. The van der Waals surface area contributed by atoms with Crippen LogP contribution in [0, 0.1) is 17.0 Å². The van der Waals surface area contributed by atoms with Crippen molar-refractivity contribution in [2.24, 2.45) is 5.73 Å². The van der Waals surface area contributed by atoms with E-state index in [1.165, 1.54) is 7.11 Å². The lowest BCUT2D eigenvalue weighted by Crippen LogP contribution is -2.31. The van der Waals surface area contributed by atoms with E-state index in [9.17, 15) is 9.18 Å². The Morgan fingerprint density at radius 3 is 2.41 bits per heavy atom. The molecule has 7 nitrogen and oxygen atoms in total. The zero-order chi connectivity index (χ0) is 23.1. The van der Waals surface area contributed by atoms with E-state index in [-0.39, 0.29) is 24.7 Å². The number of carbonyl (C=O) groups excluding carboxylic acids is 1. The van der Waals surface area contributed by atoms with E-state index in [2.05, 4.69) is 10.3 Å². The van der Waals surface area contributed by atoms with Crippen LogP contribution in [-0.4, -0.2) is 23.8 Å². The Morgan fingerprint density at radius 1 is 1.09 bits per heavy atom. The van der Waals surface area contributed by atoms with Crippen molar-refractivity contribution in [2.75, 3.05) is 7.11 Å². The fourth-order valence-electron chi connectivity index (χ4n) is 2.98. The molecule has 0 fully saturated rings. The van der Waals surface area contributed by atoms with Gasteiger partial charge in [-0.2, -0.15) is 0 Å². The minimum Gasteiger partial charge on any atom is -0.486 e. The topological polar surface area (TPSA) is 110 Å². The molecule has 1 heterocycles. The van der Waals surface area contributed by atoms with Crippen LogP contribution in [0.25, 0.3) is 0 Å². The second-order valence-electron chi connectivity index (χ2n) is 6.86. The minimum absolute atomic E-state index is 0.0462. The molecule has 1 aromatic heterocycles. The van der Waals surface area contributed by atoms with Crippen LogP contribution in [0.15, 0.2) is 60.9 Å². The number of rotatable bonds is 9. The van der Waals surface area contributed by atoms with Crippen LogP contribution < -0.4 is 15.8 Å². The standard InChI is InChI=1S/C23H22F2N4O3/c1-31-21(23(30)29-12-14-2-4-16(5-3-14)22(26)27)19-17(24)6-7-18(20(19)25)32-13-15-8-10-28-11-9-15/h2-11,21H,12-13H2,1H3,(H3,26,27)(H,29,30)/t21-/m0/s1. The van der Waals surface area contributed by atoms with Gasteiger partial charge in [-0.05, 0) is 35.4 Å². The third kappa shape index (κ3) is 5.44. The molecule has 4 N–H and O–H groups in total. The van der Waals surface area contributed by atoms with Crippen LogP contribution in [0.4, 0.5) is 8.78 Å². The van der Waals surface area contributed by atoms with E-state index in [0.717, 1.165) is 17.7 Å². The summed E-state index contributed by atoms with van der Waals surface area (Å²) < 4.78 is 40.1. The number of halogens is 2. The lowest BCUT2D eigenvalue weighted by Gasteiger charge is -2.19. The maximum Gasteiger partial charge on any atom is 0.254 e. The van der Waals surface area contributed by atoms with Gasteiger partial charge in [-0.1, -0.05) is 24.3 Å². The first-order chi connectivity index (χ1) is 15.4. The smallest absolute Gasteiger partial charge is 0.254 e. The Bertz CT molecular complexity index is 1090. The van der Waals surface area contributed by atoms with E-state index in [1.54, 1.807) is 48.8 Å². The van der Waals surface area contributed by atoms with E-state index >= 15 is 4.39 Å². The summed E-state index contributed by atoms with van der Waals surface area (Å²) in [5, 5.41) is 10.00. The molecule has 0 spiro atoms. The van der Waals surface area contributed by atoms with Crippen molar-refractivity contribution in [2.45, 2.75) is 19.3 Å². The van der Waals surface area contributed by atoms with Crippen LogP contribution in [-0.2, 0) is 22.7 Å². The van der Waals surface area contributed by atoms with Gasteiger partial charge >= 0.3 is 0 Å². The van der Waals surface area contributed by atoms with Crippen molar-refractivity contribution in [1.29, 1.82) is 5.41 Å². The Labute approximate surface area is 183 Å². The maximum absolute atomic E-state index is 15.0. The lowest BCUT2D eigenvalue weighted by atomic mass is 10.1. The molecule has 166 valence electrons. The van der Waals surface area contributed by atoms with Crippen molar-refractivity contribution >= 4 is 11.7 Å². The summed E-state index contributed by atoms with van der Waals surface area (Å²) in [6, 6.07) is 12.3. The molecule has 3 aromatic rings. The first-order valence-corrected chi connectivity index (χ1v) is 9.64. The van der Waals surface area contributed by atoms with Gasteiger partial charge < -0.3 is 20.5 Å². The van der Waals surface area contributed by atoms with Crippen molar-refractivity contribution in [1.82, 2.24) is 10.3 Å². The molecule has 32 heavy (non-hydrogen) atoms. The quantitative estimate of drug-likeness (QED) is 0.350. The molecule has 0 bridgehead atoms. The molecule has 0 aliphatic carbocycles. The molecule has 0 unspecified atom stereocenters. The Hall–Kier alpha value is -3.85. The summed E-state index contributed by atoms with van der Waals surface area (Å²) >= 11 is 0. The zero-order valence-corrected chi connectivity index (χ0v) is 17.3. The molecule has 2 aromatic carbocycles. The number of nitrogens with two attached hydrogens (primary N) is 1. The summed E-state index contributed by atoms with van der Waals surface area (Å²) in [4.78, 5) is 16.5. The number of amidine groups is 1. The molecular weight excluding hydrogens is 418 g/mol. The predicted molar refractivity (Wildman–Crippen MR) is 114 cm³/mol. The normalized spacial score (nSPS) is 11.6. The van der Waals surface area contributed by atoms with Crippen molar-refractivity contribution < 1.29 is 23.0 Å². The first kappa shape index (κ1) is 22.8. The molecule has 0 radical (unpaired) electrons. The minimum atomic E-state index is -1.52. The van der Waals surface area contributed by atoms with E-state index < -0.39 is 29.2 Å². The van der Waals surface area contributed by atoms with Crippen molar-refractivity contribution in [3.8, 4) is 5.75 Å². The maximum atomic E-state index is 15.0. The largest absolute Gasteiger partial charge is 0.486 e. The number of methoxy groups -OCH3 is 1. The highest BCUT2D eigenvalue weighted by Gasteiger charge is 2.29. The SMILES string of the molecule is CO[C@H](C(=O)NCc1ccc(C(=N)N)cc1)c1c(F)ccc(OCc2ccncc2)c1F. The van der Waals surface area contributed by atoms with Gasteiger partial charge in [-0.3, -0.25) is 15.2 Å². The number of hydrogen-bond acceptors (Lipinski definition) is 5. The van der Waals surface area contributed by atoms with Crippen LogP contribution in [0.5, 0.6) is 5.75 Å². The number of nitrogen functional groups attached to an aromatic ring is 1. The van der Waals surface area contributed by atoms with Gasteiger partial charge in [0.1, 0.15) is 18.3 Å². The average Bonchev–Trinajstić information content (AvgIpc) is 2.80. The molecule has 0 aliphatic rings. The van der Waals surface area contributed by atoms with Crippen LogP contribution in [0.3, 0.4) is 0 Å². The number of nitrogens with zero attached hydrogens (tertiary/aromatic N) is 1. The highest BCUT2D eigenvalue weighted by Crippen LogP contribution is 2.30. The Balaban J connectivity index is 1.73. The van der Waals surface area contributed by atoms with E-state index in [1.807, 2.05) is 0 Å². The highest BCUT2D eigenvalue weighted by atomic mass is 19.1. The van der Waals surface area contributed by atoms with Crippen LogP contribution in [0.2, 0.25) is 0 Å². The molecule has 9 heteroatoms. The molecule has 0 aliphatic heterocycles. The predicted octanol–water partition coefficient (Wildman–Crippen LogP) is 3.23. The number of benzene rings is 2. The number of carbonyl (C=O) groups is 1. The van der Waals surface area contributed by atoms with Crippen LogP contribution >= 0.6 is 0 Å². The summed E-state index contributed by atoms with van der Waals surface area (Å²) in [6.07, 6.45) is 1.63. The monoisotopic (exact) mass is 440 g/mol. The third-order valence-corrected chi connectivity index (χ3v) is 4.70. The number of amides is 1. The van der Waals surface area contributed by atoms with Crippen LogP contribution in [0.1, 0.15) is 28.4 Å². The van der Waals surface area contributed by atoms with E-state index in [4.69, 9.17) is 20.6 Å². The van der Waals surface area contributed by atoms with E-state index in [0.29, 0.717) is 11.1 Å². The van der Waals surface area contributed by atoms with Gasteiger partial charge in [0.2, 0.25) is 0 Å². The van der Waals surface area contributed by atoms with Gasteiger partial charge in [0, 0.05) is 31.6 Å². The first-order valence-electron chi connectivity index (χ1n) is 9.64. The third-order valence-electron chi connectivity index (χ3n) is 4.70. The molecule has 1 amide bonds. The highest BCUT2D eigenvalue weighted by molar-refractivity contribution is 5.94. The molecule has 0 saturated heterocycles. The fraction of sp³-hybridized carbons (Fsp3) is 0.174. The summed E-state index contributed by atoms with van der Waals surface area (Å²) in [7, 11) is 1.19. The Morgan fingerprint density at radius 2 is 1.78 bits per heavy atom. The molecule has 1 atom stereocenters. The second kappa shape index (κ2) is 10.5. The lowest BCUT2D eigenvalue weighted by molar-refractivity contribution is -0.131. The Kier molecular flexibility index (Phi) is 7.45. The molecular formula is C23H22F2N4O3. The second-order valence-corrected chi connectivity index (χ2v) is 6.86. The zero-order valence-electron chi connectivity index (χ0n) is 17.3. The van der Waals surface area contributed by atoms with Gasteiger partial charge in [-0.25, -0.2) is 8.78 Å². The molecule has 0 saturated carbocycles. The van der Waals surface area contributed by atoms with Gasteiger partial charge in [0.15, 0.2) is 17.7 Å². The summed E-state index contributed by atoms with van der Waals surface area (Å²) in [5.41, 5.74) is 6.89. The number of nitrogens with one attached hydrogen (secondary N) is 2. The fourth-order valence-corrected chi connectivity index (χ4v) is 2.98. The van der Waals surface area contributed by atoms with Gasteiger partial charge in [0.25, 0.3) is 5.91 Å². The number of ether oxygens (including phenoxy) is 2. The van der Waals surface area contributed by atoms with Gasteiger partial charge in [0.05, 0.1) is 5.56 Å². The number of hydrogen-bond donors (Lipinski definition) is 3. The molecule has 3 rings (SSSR count). The summed E-state index contributed by atoms with van der Waals surface area (Å²) in [5.74, 6) is -2.92. The van der Waals surface area contributed by atoms with Gasteiger partial charge in [-0.15, -0.1) is 0 Å². The number of pyridine rings is 1. The summed E-state index contributed by atoms with van der Waals surface area (Å²) in [6.45, 7) is 0.142. The van der Waals surface area contributed by atoms with Crippen molar-refractivity contribution in [3.63, 3.8) is 0 Å². The van der Waals surface area contributed by atoms with Crippen molar-refractivity contribution in [3.05, 3.63) is 94.8 Å².